The summed E-state index contributed by atoms with van der Waals surface area (Å²) >= 11 is 0. The van der Waals surface area contributed by atoms with Crippen LogP contribution in [0.5, 0.6) is 5.75 Å². The van der Waals surface area contributed by atoms with Crippen molar-refractivity contribution >= 4 is 10.8 Å². The van der Waals surface area contributed by atoms with Gasteiger partial charge in [0.15, 0.2) is 0 Å². The van der Waals surface area contributed by atoms with Crippen LogP contribution in [0.25, 0.3) is 10.8 Å². The maximum absolute atomic E-state index is 11.2. The first-order chi connectivity index (χ1) is 11.7. The molecular formula is C22H26O2. The Morgan fingerprint density at radius 3 is 2.21 bits per heavy atom. The van der Waals surface area contributed by atoms with Crippen molar-refractivity contribution in [3.05, 3.63) is 42.0 Å². The van der Waals surface area contributed by atoms with Gasteiger partial charge < -0.3 is 9.84 Å². The molecule has 2 aromatic carbocycles. The molecule has 24 heavy (non-hydrogen) atoms. The molecule has 4 saturated carbocycles. The summed E-state index contributed by atoms with van der Waals surface area (Å²) in [4.78, 5) is 0. The smallest absolute Gasteiger partial charge is 0.119 e. The zero-order valence-corrected chi connectivity index (χ0v) is 14.3. The zero-order chi connectivity index (χ0) is 16.3. The van der Waals surface area contributed by atoms with Crippen LogP contribution in [0.15, 0.2) is 36.4 Å². The summed E-state index contributed by atoms with van der Waals surface area (Å²) in [5.41, 5.74) is 1.09. The van der Waals surface area contributed by atoms with E-state index in [1.54, 1.807) is 7.11 Å². The SMILES string of the molecule is COc1ccc2ccc(C(O)C3C4CC5CC(C4)CC3C5)cc2c1. The van der Waals surface area contributed by atoms with Gasteiger partial charge in [-0.05, 0) is 96.2 Å². The lowest BCUT2D eigenvalue weighted by Gasteiger charge is -2.55. The van der Waals surface area contributed by atoms with E-state index in [4.69, 9.17) is 4.74 Å². The molecule has 4 fully saturated rings. The van der Waals surface area contributed by atoms with Crippen LogP contribution < -0.4 is 4.74 Å². The van der Waals surface area contributed by atoms with Gasteiger partial charge in [0.25, 0.3) is 0 Å². The molecule has 0 amide bonds. The normalized spacial score (nSPS) is 35.3. The van der Waals surface area contributed by atoms with E-state index >= 15 is 0 Å². The van der Waals surface area contributed by atoms with E-state index in [2.05, 4.69) is 30.3 Å². The van der Waals surface area contributed by atoms with Gasteiger partial charge in [0.1, 0.15) is 5.75 Å². The summed E-state index contributed by atoms with van der Waals surface area (Å²) in [5.74, 6) is 4.76. The molecule has 1 N–H and O–H groups in total. The lowest BCUT2D eigenvalue weighted by atomic mass is 9.50. The van der Waals surface area contributed by atoms with Gasteiger partial charge in [0.2, 0.25) is 0 Å². The average molecular weight is 322 g/mol. The first kappa shape index (κ1) is 14.8. The Labute approximate surface area is 143 Å². The van der Waals surface area contributed by atoms with Gasteiger partial charge in [-0.25, -0.2) is 0 Å². The molecule has 0 spiro atoms. The van der Waals surface area contributed by atoms with Gasteiger partial charge in [0.05, 0.1) is 13.2 Å². The highest BCUT2D eigenvalue weighted by molar-refractivity contribution is 5.84. The molecule has 1 atom stereocenters. The summed E-state index contributed by atoms with van der Waals surface area (Å²) in [6.45, 7) is 0. The first-order valence-corrected chi connectivity index (χ1v) is 9.47. The summed E-state index contributed by atoms with van der Waals surface area (Å²) in [6, 6.07) is 12.6. The highest BCUT2D eigenvalue weighted by Gasteiger charge is 2.50. The Bertz CT molecular complexity index is 738. The quantitative estimate of drug-likeness (QED) is 0.866. The molecule has 2 heteroatoms. The molecule has 4 aliphatic rings. The molecule has 2 nitrogen and oxygen atoms in total. The number of ether oxygens (including phenoxy) is 1. The Hall–Kier alpha value is -1.54. The summed E-state index contributed by atoms with van der Waals surface area (Å²) in [5, 5.41) is 13.6. The fraction of sp³-hybridized carbons (Fsp3) is 0.545. The van der Waals surface area contributed by atoms with E-state index in [0.29, 0.717) is 5.92 Å². The lowest BCUT2D eigenvalue weighted by Crippen LogP contribution is -2.47. The van der Waals surface area contributed by atoms with Crippen LogP contribution >= 0.6 is 0 Å². The van der Waals surface area contributed by atoms with Gasteiger partial charge >= 0.3 is 0 Å². The van der Waals surface area contributed by atoms with E-state index in [-0.39, 0.29) is 6.10 Å². The number of methoxy groups -OCH3 is 1. The van der Waals surface area contributed by atoms with E-state index in [9.17, 15) is 5.11 Å². The number of hydrogen-bond donors (Lipinski definition) is 1. The van der Waals surface area contributed by atoms with Gasteiger partial charge in [-0.1, -0.05) is 18.2 Å². The number of benzene rings is 2. The number of aliphatic hydroxyl groups is 1. The van der Waals surface area contributed by atoms with E-state index in [1.165, 1.54) is 37.5 Å². The van der Waals surface area contributed by atoms with E-state index < -0.39 is 0 Å². The molecular weight excluding hydrogens is 296 g/mol. The monoisotopic (exact) mass is 322 g/mol. The lowest BCUT2D eigenvalue weighted by molar-refractivity contribution is -0.0907. The Kier molecular flexibility index (Phi) is 3.38. The highest BCUT2D eigenvalue weighted by atomic mass is 16.5. The van der Waals surface area contributed by atoms with Crippen LogP contribution in [0, 0.1) is 29.6 Å². The molecule has 4 aliphatic carbocycles. The molecule has 126 valence electrons. The van der Waals surface area contributed by atoms with Crippen molar-refractivity contribution in [2.24, 2.45) is 29.6 Å². The molecule has 6 rings (SSSR count). The second-order valence-electron chi connectivity index (χ2n) is 8.43. The fourth-order valence-electron chi connectivity index (χ4n) is 6.26. The van der Waals surface area contributed by atoms with Crippen molar-refractivity contribution in [1.82, 2.24) is 0 Å². The molecule has 2 aromatic rings. The van der Waals surface area contributed by atoms with Crippen molar-refractivity contribution < 1.29 is 9.84 Å². The Morgan fingerprint density at radius 2 is 1.54 bits per heavy atom. The maximum Gasteiger partial charge on any atom is 0.119 e. The van der Waals surface area contributed by atoms with Crippen molar-refractivity contribution in [3.63, 3.8) is 0 Å². The predicted octanol–water partition coefficient (Wildman–Crippen LogP) is 4.95. The third kappa shape index (κ3) is 2.27. The number of fused-ring (bicyclic) bond motifs is 1. The Balaban J connectivity index is 1.48. The van der Waals surface area contributed by atoms with Crippen LogP contribution in [0.2, 0.25) is 0 Å². The minimum Gasteiger partial charge on any atom is -0.497 e. The molecule has 0 saturated heterocycles. The van der Waals surface area contributed by atoms with Gasteiger partial charge in [-0.15, -0.1) is 0 Å². The van der Waals surface area contributed by atoms with Gasteiger partial charge in [0, 0.05) is 0 Å². The molecule has 0 radical (unpaired) electrons. The molecule has 1 unspecified atom stereocenters. The number of rotatable bonds is 3. The topological polar surface area (TPSA) is 29.5 Å². The second kappa shape index (κ2) is 5.49. The van der Waals surface area contributed by atoms with Gasteiger partial charge in [-0.2, -0.15) is 0 Å². The van der Waals surface area contributed by atoms with Crippen LogP contribution in [0.3, 0.4) is 0 Å². The molecule has 0 heterocycles. The first-order valence-electron chi connectivity index (χ1n) is 9.47. The minimum atomic E-state index is -0.310. The van der Waals surface area contributed by atoms with Gasteiger partial charge in [-0.3, -0.25) is 0 Å². The molecule has 0 aliphatic heterocycles. The molecule has 0 aromatic heterocycles. The second-order valence-corrected chi connectivity index (χ2v) is 8.43. The average Bonchev–Trinajstić information content (AvgIpc) is 2.59. The van der Waals surface area contributed by atoms with Crippen LogP contribution in [-0.4, -0.2) is 12.2 Å². The standard InChI is InChI=1S/C22H26O2/c1-24-20-5-4-15-2-3-16(11-17(15)12-20)22(23)21-18-7-13-6-14(9-18)10-19(21)8-13/h2-5,11-14,18-19,21-23H,6-10H2,1H3. The molecule has 4 bridgehead atoms. The summed E-state index contributed by atoms with van der Waals surface area (Å²) in [6.07, 6.45) is 6.58. The minimum absolute atomic E-state index is 0.310. The largest absolute Gasteiger partial charge is 0.497 e. The van der Waals surface area contributed by atoms with E-state index in [0.717, 1.165) is 40.4 Å². The third-order valence-corrected chi connectivity index (χ3v) is 7.08. The van der Waals surface area contributed by atoms with E-state index in [1.807, 2.05) is 6.07 Å². The zero-order valence-electron chi connectivity index (χ0n) is 14.3. The summed E-state index contributed by atoms with van der Waals surface area (Å²) < 4.78 is 5.35. The van der Waals surface area contributed by atoms with Crippen LogP contribution in [0.4, 0.5) is 0 Å². The number of aliphatic hydroxyl groups excluding tert-OH is 1. The fourth-order valence-corrected chi connectivity index (χ4v) is 6.26. The van der Waals surface area contributed by atoms with Crippen molar-refractivity contribution in [2.45, 2.75) is 38.2 Å². The predicted molar refractivity (Wildman–Crippen MR) is 96.0 cm³/mol. The maximum atomic E-state index is 11.2. The van der Waals surface area contributed by atoms with Crippen LogP contribution in [0.1, 0.15) is 43.8 Å². The Morgan fingerprint density at radius 1 is 0.875 bits per heavy atom. The van der Waals surface area contributed by atoms with Crippen LogP contribution in [-0.2, 0) is 0 Å². The van der Waals surface area contributed by atoms with Crippen molar-refractivity contribution in [2.75, 3.05) is 7.11 Å². The van der Waals surface area contributed by atoms with Crippen molar-refractivity contribution in [1.29, 1.82) is 0 Å². The summed E-state index contributed by atoms with van der Waals surface area (Å²) in [7, 11) is 1.70. The number of hydrogen-bond acceptors (Lipinski definition) is 2. The third-order valence-electron chi connectivity index (χ3n) is 7.08. The van der Waals surface area contributed by atoms with Crippen molar-refractivity contribution in [3.8, 4) is 5.75 Å². The highest BCUT2D eigenvalue weighted by Crippen LogP contribution is 2.59.